The van der Waals surface area contributed by atoms with Gasteiger partial charge in [0, 0.05) is 19.5 Å². The van der Waals surface area contributed by atoms with Gasteiger partial charge in [0.25, 0.3) is 0 Å². The zero-order valence-corrected chi connectivity index (χ0v) is 15.5. The molecule has 1 saturated heterocycles. The van der Waals surface area contributed by atoms with Gasteiger partial charge in [0.1, 0.15) is 0 Å². The van der Waals surface area contributed by atoms with Gasteiger partial charge in [-0.2, -0.15) is 4.31 Å². The van der Waals surface area contributed by atoms with E-state index < -0.39 is 21.6 Å². The lowest BCUT2D eigenvalue weighted by Crippen LogP contribution is -2.46. The number of aliphatic hydroxyl groups is 1. The summed E-state index contributed by atoms with van der Waals surface area (Å²) in [6.07, 6.45) is 2.24. The van der Waals surface area contributed by atoms with Crippen LogP contribution in [0.1, 0.15) is 31.7 Å². The van der Waals surface area contributed by atoms with Crippen molar-refractivity contribution in [1.82, 2.24) is 9.62 Å². The number of aliphatic carboxylic acids is 1. The van der Waals surface area contributed by atoms with Crippen LogP contribution >= 0.6 is 0 Å². The first-order valence-electron chi connectivity index (χ1n) is 8.44. The average Bonchev–Trinajstić information content (AvgIpc) is 3.14. The van der Waals surface area contributed by atoms with Gasteiger partial charge in [-0.3, -0.25) is 4.79 Å². The van der Waals surface area contributed by atoms with E-state index in [1.54, 1.807) is 12.1 Å². The minimum atomic E-state index is -3.45. The third kappa shape index (κ3) is 5.03. The summed E-state index contributed by atoms with van der Waals surface area (Å²) >= 11 is 0. The Morgan fingerprint density at radius 1 is 1.19 bits per heavy atom. The molecule has 1 aromatic rings. The molecule has 26 heavy (non-hydrogen) atoms. The van der Waals surface area contributed by atoms with Crippen molar-refractivity contribution in [2.24, 2.45) is 0 Å². The second-order valence-electron chi connectivity index (χ2n) is 6.61. The molecule has 0 aliphatic carbocycles. The van der Waals surface area contributed by atoms with E-state index in [0.717, 1.165) is 25.3 Å². The van der Waals surface area contributed by atoms with Gasteiger partial charge in [0.2, 0.25) is 15.9 Å². The quantitative estimate of drug-likeness (QED) is 0.594. The van der Waals surface area contributed by atoms with E-state index in [2.05, 4.69) is 5.32 Å². The molecule has 0 saturated carbocycles. The van der Waals surface area contributed by atoms with Crippen LogP contribution in [0.2, 0.25) is 0 Å². The maximum absolute atomic E-state index is 12.4. The molecule has 1 heterocycles. The maximum atomic E-state index is 12.4. The van der Waals surface area contributed by atoms with Gasteiger partial charge in [-0.05, 0) is 43.9 Å². The molecule has 0 bridgehead atoms. The van der Waals surface area contributed by atoms with E-state index in [1.165, 1.54) is 16.4 Å². The number of carbonyl (C=O) groups is 2. The van der Waals surface area contributed by atoms with Crippen molar-refractivity contribution < 1.29 is 28.2 Å². The predicted octanol–water partition coefficient (Wildman–Crippen LogP) is 0.356. The fourth-order valence-corrected chi connectivity index (χ4v) is 4.12. The van der Waals surface area contributed by atoms with Crippen LogP contribution in [0, 0.1) is 0 Å². The zero-order chi connectivity index (χ0) is 19.4. The van der Waals surface area contributed by atoms with Crippen LogP contribution in [-0.4, -0.2) is 60.0 Å². The molecule has 1 fully saturated rings. The van der Waals surface area contributed by atoms with Crippen molar-refractivity contribution in [3.63, 3.8) is 0 Å². The Morgan fingerprint density at radius 3 is 2.31 bits per heavy atom. The Morgan fingerprint density at radius 2 is 1.77 bits per heavy atom. The lowest BCUT2D eigenvalue weighted by atomic mass is 10.1. The molecular weight excluding hydrogens is 360 g/mol. The number of benzene rings is 1. The van der Waals surface area contributed by atoms with Crippen LogP contribution in [0.25, 0.3) is 0 Å². The maximum Gasteiger partial charge on any atom is 0.337 e. The van der Waals surface area contributed by atoms with Crippen molar-refractivity contribution in [2.45, 2.75) is 43.1 Å². The van der Waals surface area contributed by atoms with Gasteiger partial charge >= 0.3 is 5.97 Å². The fraction of sp³-hybridized carbons (Fsp3) is 0.529. The van der Waals surface area contributed by atoms with Crippen LogP contribution in [0.15, 0.2) is 29.2 Å². The fourth-order valence-electron chi connectivity index (χ4n) is 2.60. The van der Waals surface area contributed by atoms with Crippen molar-refractivity contribution >= 4 is 21.9 Å². The number of carboxylic acid groups (broad SMARTS) is 1. The van der Waals surface area contributed by atoms with E-state index in [4.69, 9.17) is 5.11 Å². The molecule has 2 rings (SSSR count). The number of carbonyl (C=O) groups excluding carboxylic acids is 1. The number of sulfonamides is 1. The molecular formula is C17H24N2O6S. The highest BCUT2D eigenvalue weighted by Gasteiger charge is 2.30. The van der Waals surface area contributed by atoms with Crippen LogP contribution in [0.4, 0.5) is 0 Å². The topological polar surface area (TPSA) is 124 Å². The molecule has 1 aliphatic heterocycles. The third-order valence-electron chi connectivity index (χ3n) is 4.36. The third-order valence-corrected chi connectivity index (χ3v) is 6.27. The molecule has 3 N–H and O–H groups in total. The van der Waals surface area contributed by atoms with E-state index >= 15 is 0 Å². The smallest absolute Gasteiger partial charge is 0.337 e. The summed E-state index contributed by atoms with van der Waals surface area (Å²) in [6.45, 7) is 1.82. The Balaban J connectivity index is 1.87. The molecule has 8 nitrogen and oxygen atoms in total. The number of carboxylic acids is 1. The first-order chi connectivity index (χ1) is 12.1. The summed E-state index contributed by atoms with van der Waals surface area (Å²) in [5.74, 6) is -1.80. The number of amides is 1. The summed E-state index contributed by atoms with van der Waals surface area (Å²) < 4.78 is 26.3. The van der Waals surface area contributed by atoms with Crippen molar-refractivity contribution in [2.75, 3.05) is 19.6 Å². The molecule has 1 unspecified atom stereocenters. The summed E-state index contributed by atoms with van der Waals surface area (Å²) in [5, 5.41) is 20.7. The highest BCUT2D eigenvalue weighted by molar-refractivity contribution is 7.89. The van der Waals surface area contributed by atoms with Crippen LogP contribution in [-0.2, 0) is 26.0 Å². The van der Waals surface area contributed by atoms with Gasteiger partial charge in [0.15, 0.2) is 5.60 Å². The molecule has 0 aromatic heterocycles. The van der Waals surface area contributed by atoms with Gasteiger partial charge in [-0.1, -0.05) is 12.1 Å². The van der Waals surface area contributed by atoms with Gasteiger partial charge < -0.3 is 15.5 Å². The van der Waals surface area contributed by atoms with E-state index in [-0.39, 0.29) is 23.8 Å². The Kier molecular flexibility index (Phi) is 6.38. The molecule has 1 atom stereocenters. The van der Waals surface area contributed by atoms with E-state index in [9.17, 15) is 23.1 Å². The Labute approximate surface area is 152 Å². The molecule has 144 valence electrons. The lowest BCUT2D eigenvalue weighted by Gasteiger charge is -2.18. The summed E-state index contributed by atoms with van der Waals surface area (Å²) in [7, 11) is -3.45. The highest BCUT2D eigenvalue weighted by Crippen LogP contribution is 2.21. The largest absolute Gasteiger partial charge is 0.479 e. The molecule has 1 aliphatic rings. The zero-order valence-electron chi connectivity index (χ0n) is 14.6. The molecule has 1 amide bonds. The standard InChI is InChI=1S/C17H24N2O6S/c1-17(23,16(21)22)12-18-15(20)9-6-13-4-7-14(8-5-13)26(24,25)19-10-2-3-11-19/h4-5,7-8,23H,2-3,6,9-12H2,1H3,(H,18,20)(H,21,22). The Hall–Kier alpha value is -1.97. The second kappa shape index (κ2) is 8.15. The molecule has 1 aromatic carbocycles. The summed E-state index contributed by atoms with van der Waals surface area (Å²) in [5.41, 5.74) is -1.22. The second-order valence-corrected chi connectivity index (χ2v) is 8.55. The molecule has 9 heteroatoms. The number of rotatable bonds is 8. The minimum Gasteiger partial charge on any atom is -0.479 e. The average molecular weight is 384 g/mol. The highest BCUT2D eigenvalue weighted by atomic mass is 32.2. The van der Waals surface area contributed by atoms with Crippen molar-refractivity contribution in [3.8, 4) is 0 Å². The monoisotopic (exact) mass is 384 g/mol. The lowest BCUT2D eigenvalue weighted by molar-refractivity contribution is -0.156. The number of hydrogen-bond acceptors (Lipinski definition) is 5. The normalized spacial score (nSPS) is 17.6. The minimum absolute atomic E-state index is 0.105. The van der Waals surface area contributed by atoms with Crippen molar-refractivity contribution in [3.05, 3.63) is 29.8 Å². The van der Waals surface area contributed by atoms with Crippen LogP contribution < -0.4 is 5.32 Å². The number of nitrogens with zero attached hydrogens (tertiary/aromatic N) is 1. The van der Waals surface area contributed by atoms with Crippen LogP contribution in [0.5, 0.6) is 0 Å². The Bertz CT molecular complexity index is 752. The number of aryl methyl sites for hydroxylation is 1. The van der Waals surface area contributed by atoms with Gasteiger partial charge in [-0.15, -0.1) is 0 Å². The van der Waals surface area contributed by atoms with Gasteiger partial charge in [-0.25, -0.2) is 13.2 Å². The van der Waals surface area contributed by atoms with Crippen molar-refractivity contribution in [1.29, 1.82) is 0 Å². The predicted molar refractivity (Wildman–Crippen MR) is 94.0 cm³/mol. The first-order valence-corrected chi connectivity index (χ1v) is 9.88. The van der Waals surface area contributed by atoms with Crippen LogP contribution in [0.3, 0.4) is 0 Å². The summed E-state index contributed by atoms with van der Waals surface area (Å²) in [4.78, 5) is 22.8. The SMILES string of the molecule is CC(O)(CNC(=O)CCc1ccc(S(=O)(=O)N2CCCC2)cc1)C(=O)O. The number of nitrogens with one attached hydrogen (secondary N) is 1. The first kappa shape index (κ1) is 20.3. The molecule has 0 radical (unpaired) electrons. The number of hydrogen-bond donors (Lipinski definition) is 3. The van der Waals surface area contributed by atoms with E-state index in [0.29, 0.717) is 19.5 Å². The molecule has 0 spiro atoms. The summed E-state index contributed by atoms with van der Waals surface area (Å²) in [6, 6.07) is 6.42. The van der Waals surface area contributed by atoms with Gasteiger partial charge in [0.05, 0.1) is 11.4 Å². The van der Waals surface area contributed by atoms with E-state index in [1.807, 2.05) is 0 Å².